The number of nitrogens with two attached hydrogens (primary N) is 1. The molecule has 258 valence electrons. The highest BCUT2D eigenvalue weighted by Crippen LogP contribution is 2.48. The van der Waals surface area contributed by atoms with Crippen LogP contribution in [-0.4, -0.2) is 67.8 Å². The van der Waals surface area contributed by atoms with E-state index < -0.39 is 44.0 Å². The molecule has 2 aromatic rings. The lowest BCUT2D eigenvalue weighted by molar-refractivity contribution is -0.131. The lowest BCUT2D eigenvalue weighted by atomic mass is 10.0. The van der Waals surface area contributed by atoms with Gasteiger partial charge in [0, 0.05) is 19.4 Å². The van der Waals surface area contributed by atoms with E-state index in [9.17, 15) is 28.8 Å². The molecule has 12 heteroatoms. The number of hydrogen-bond donors (Lipinski definition) is 6. The quantitative estimate of drug-likeness (QED) is 0.158. The molecule has 0 aromatic heterocycles. The van der Waals surface area contributed by atoms with Crippen LogP contribution in [0.1, 0.15) is 72.9 Å². The number of amides is 5. The van der Waals surface area contributed by atoms with Gasteiger partial charge in [0.05, 0.1) is 13.0 Å². The Morgan fingerprint density at radius 1 is 0.766 bits per heavy atom. The standard InChI is InChI=1S/C35H53N5O6Si/c1-23(2)31(40-30(43)21-25-14-16-26(17-15-25)47(46,34(3,4)5)35(6,7)8)33(45)37-19-18-29(42)39-27(32(44)38-22-28(36)41)20-24-12-10-9-11-13-24/h9-17,23,27,31,46H,18-22H2,1-8H3,(H2,36,41)(H,37,45)(H,38,44)(H,39,42)(H,40,43)/t27-,31?/m0/s1. The van der Waals surface area contributed by atoms with Crippen molar-refractivity contribution in [1.82, 2.24) is 21.3 Å². The van der Waals surface area contributed by atoms with E-state index in [0.29, 0.717) is 0 Å². The average Bonchev–Trinajstić information content (AvgIpc) is 2.97. The number of carbonyl (C=O) groups is 5. The van der Waals surface area contributed by atoms with Crippen molar-refractivity contribution < 1.29 is 28.8 Å². The van der Waals surface area contributed by atoms with Gasteiger partial charge in [-0.05, 0) is 32.3 Å². The average molecular weight is 668 g/mol. The summed E-state index contributed by atoms with van der Waals surface area (Å²) >= 11 is 0. The maximum absolute atomic E-state index is 13.0. The van der Waals surface area contributed by atoms with E-state index >= 15 is 0 Å². The first-order valence-corrected chi connectivity index (χ1v) is 18.0. The third-order valence-corrected chi connectivity index (χ3v) is 13.7. The SMILES string of the molecule is CC(C)C(NC(=O)Cc1ccc([Si](O)(C(C)(C)C)C(C)(C)C)cc1)C(=O)NCCC(=O)N[C@@H](Cc1ccccc1)C(=O)NCC(N)=O. The van der Waals surface area contributed by atoms with Crippen molar-refractivity contribution in [3.05, 3.63) is 65.7 Å². The highest BCUT2D eigenvalue weighted by atomic mass is 28.4. The van der Waals surface area contributed by atoms with E-state index in [1.807, 2.05) is 68.4 Å². The van der Waals surface area contributed by atoms with Crippen LogP contribution in [0.2, 0.25) is 10.1 Å². The van der Waals surface area contributed by atoms with Crippen molar-refractivity contribution in [2.45, 2.75) is 96.8 Å². The number of benzene rings is 2. The predicted octanol–water partition coefficient (Wildman–Crippen LogP) is 1.95. The molecule has 0 aliphatic heterocycles. The fourth-order valence-corrected chi connectivity index (χ4v) is 10.5. The van der Waals surface area contributed by atoms with E-state index in [2.05, 4.69) is 62.8 Å². The zero-order valence-corrected chi connectivity index (χ0v) is 30.0. The summed E-state index contributed by atoms with van der Waals surface area (Å²) in [6.45, 7) is 15.6. The second-order valence-electron chi connectivity index (χ2n) is 14.4. The van der Waals surface area contributed by atoms with Gasteiger partial charge in [0.1, 0.15) is 12.1 Å². The molecule has 2 rings (SSSR count). The van der Waals surface area contributed by atoms with Crippen molar-refractivity contribution in [2.24, 2.45) is 11.7 Å². The van der Waals surface area contributed by atoms with E-state index in [1.165, 1.54) is 0 Å². The third kappa shape index (κ3) is 11.3. The summed E-state index contributed by atoms with van der Waals surface area (Å²) in [5.41, 5.74) is 6.70. The summed E-state index contributed by atoms with van der Waals surface area (Å²) in [5, 5.41) is 10.9. The zero-order valence-electron chi connectivity index (χ0n) is 29.0. The minimum Gasteiger partial charge on any atom is -0.426 e. The zero-order chi connectivity index (χ0) is 35.6. The molecule has 0 saturated carbocycles. The second-order valence-corrected chi connectivity index (χ2v) is 19.4. The van der Waals surface area contributed by atoms with Gasteiger partial charge in [0.2, 0.25) is 37.9 Å². The Labute approximate surface area is 280 Å². The van der Waals surface area contributed by atoms with Crippen LogP contribution in [0.4, 0.5) is 0 Å². The molecule has 0 spiro atoms. The molecule has 2 aromatic carbocycles. The molecule has 0 radical (unpaired) electrons. The molecular formula is C35H53N5O6Si. The molecule has 0 heterocycles. The smallest absolute Gasteiger partial charge is 0.243 e. The summed E-state index contributed by atoms with van der Waals surface area (Å²) < 4.78 is 0. The van der Waals surface area contributed by atoms with Crippen LogP contribution < -0.4 is 32.2 Å². The molecule has 0 bridgehead atoms. The van der Waals surface area contributed by atoms with Gasteiger partial charge in [-0.25, -0.2) is 0 Å². The van der Waals surface area contributed by atoms with Crippen LogP contribution in [0, 0.1) is 5.92 Å². The molecule has 0 aliphatic rings. The summed E-state index contributed by atoms with van der Waals surface area (Å²) in [6.07, 6.45) is 0.151. The molecule has 2 atom stereocenters. The number of hydrogen-bond acceptors (Lipinski definition) is 6. The Morgan fingerprint density at radius 3 is 1.85 bits per heavy atom. The molecule has 1 unspecified atom stereocenters. The Bertz CT molecular complexity index is 1370. The fourth-order valence-electron chi connectivity index (χ4n) is 5.83. The topological polar surface area (TPSA) is 180 Å². The summed E-state index contributed by atoms with van der Waals surface area (Å²) in [4.78, 5) is 74.4. The largest absolute Gasteiger partial charge is 0.426 e. The number of nitrogens with one attached hydrogen (secondary N) is 4. The molecule has 5 amide bonds. The van der Waals surface area contributed by atoms with Gasteiger partial charge < -0.3 is 31.8 Å². The van der Waals surface area contributed by atoms with Crippen LogP contribution in [-0.2, 0) is 36.8 Å². The monoisotopic (exact) mass is 667 g/mol. The van der Waals surface area contributed by atoms with Gasteiger partial charge in [-0.3, -0.25) is 24.0 Å². The minimum atomic E-state index is -2.93. The first-order valence-electron chi connectivity index (χ1n) is 16.0. The predicted molar refractivity (Wildman–Crippen MR) is 186 cm³/mol. The van der Waals surface area contributed by atoms with E-state index in [0.717, 1.165) is 16.3 Å². The molecule has 47 heavy (non-hydrogen) atoms. The van der Waals surface area contributed by atoms with Crippen molar-refractivity contribution in [3.63, 3.8) is 0 Å². The molecule has 0 aliphatic carbocycles. The minimum absolute atomic E-state index is 0.0134. The number of carbonyl (C=O) groups excluding carboxylic acids is 5. The summed E-state index contributed by atoms with van der Waals surface area (Å²) in [6, 6.07) is 14.8. The molecule has 7 N–H and O–H groups in total. The maximum Gasteiger partial charge on any atom is 0.243 e. The van der Waals surface area contributed by atoms with E-state index in [4.69, 9.17) is 5.73 Å². The Morgan fingerprint density at radius 2 is 1.34 bits per heavy atom. The van der Waals surface area contributed by atoms with Crippen LogP contribution in [0.15, 0.2) is 54.6 Å². The van der Waals surface area contributed by atoms with Crippen LogP contribution in [0.25, 0.3) is 0 Å². The normalized spacial score (nSPS) is 13.3. The van der Waals surface area contributed by atoms with Crippen LogP contribution in [0.5, 0.6) is 0 Å². The van der Waals surface area contributed by atoms with Gasteiger partial charge in [-0.2, -0.15) is 0 Å². The molecular weight excluding hydrogens is 615 g/mol. The Hall–Kier alpha value is -4.03. The third-order valence-electron chi connectivity index (χ3n) is 8.20. The van der Waals surface area contributed by atoms with Crippen molar-refractivity contribution >= 4 is 43.0 Å². The van der Waals surface area contributed by atoms with Gasteiger partial charge in [-0.1, -0.05) is 110 Å². The first-order chi connectivity index (χ1) is 21.8. The van der Waals surface area contributed by atoms with Crippen LogP contribution >= 0.6 is 0 Å². The highest BCUT2D eigenvalue weighted by molar-refractivity contribution is 6.90. The molecule has 0 saturated heterocycles. The molecule has 0 fully saturated rings. The van der Waals surface area contributed by atoms with Crippen molar-refractivity contribution in [1.29, 1.82) is 0 Å². The number of rotatable bonds is 15. The van der Waals surface area contributed by atoms with E-state index in [1.54, 1.807) is 0 Å². The summed E-state index contributed by atoms with van der Waals surface area (Å²) in [5.74, 6) is -2.71. The Kier molecular flexibility index (Phi) is 13.9. The van der Waals surface area contributed by atoms with Gasteiger partial charge in [0.15, 0.2) is 0 Å². The fraction of sp³-hybridized carbons (Fsp3) is 0.514. The van der Waals surface area contributed by atoms with E-state index in [-0.39, 0.29) is 54.3 Å². The number of primary amides is 1. The summed E-state index contributed by atoms with van der Waals surface area (Å²) in [7, 11) is -2.93. The maximum atomic E-state index is 13.0. The lowest BCUT2D eigenvalue weighted by Gasteiger charge is -2.47. The van der Waals surface area contributed by atoms with Crippen LogP contribution in [0.3, 0.4) is 0 Å². The van der Waals surface area contributed by atoms with Crippen molar-refractivity contribution in [3.8, 4) is 0 Å². The second kappa shape index (κ2) is 16.7. The van der Waals surface area contributed by atoms with Gasteiger partial charge in [0.25, 0.3) is 0 Å². The first kappa shape index (κ1) is 39.1. The van der Waals surface area contributed by atoms with Gasteiger partial charge >= 0.3 is 0 Å². The lowest BCUT2D eigenvalue weighted by Crippen LogP contribution is -2.61. The molecule has 11 nitrogen and oxygen atoms in total. The highest BCUT2D eigenvalue weighted by Gasteiger charge is 2.53. The van der Waals surface area contributed by atoms with Gasteiger partial charge in [-0.15, -0.1) is 0 Å². The van der Waals surface area contributed by atoms with Crippen molar-refractivity contribution in [2.75, 3.05) is 13.1 Å². The Balaban J connectivity index is 1.97.